The Balaban J connectivity index is -0.0000000600. The molecule has 0 aromatic rings. The zero-order chi connectivity index (χ0) is 5.86. The third kappa shape index (κ3) is 10.8. The van der Waals surface area contributed by atoms with Crippen LogP contribution in [0.3, 0.4) is 0 Å². The topological polar surface area (TPSA) is 40.5 Å². The van der Waals surface area contributed by atoms with Crippen molar-refractivity contribution in [1.82, 2.24) is 0 Å². The molecule has 0 radical (unpaired) electrons. The molecule has 2 atom stereocenters. The fourth-order valence-corrected chi connectivity index (χ4v) is 0.341. The average Bonchev–Trinajstić information content (AvgIpc) is 1.65. The van der Waals surface area contributed by atoms with Crippen LogP contribution in [0, 0.1) is 0 Å². The first-order valence-electron chi connectivity index (χ1n) is 2.54. The number of hydrogen-bond donors (Lipinski definition) is 2. The number of rotatable bonds is 2. The molecule has 0 aromatic heterocycles. The van der Waals surface area contributed by atoms with Crippen LogP contribution in [-0.4, -0.2) is 22.4 Å². The fourth-order valence-electron chi connectivity index (χ4n) is 0.341. The van der Waals surface area contributed by atoms with E-state index in [1.165, 1.54) is 0 Å². The van der Waals surface area contributed by atoms with E-state index in [0.29, 0.717) is 6.42 Å². The minimum absolute atomic E-state index is 0. The molecule has 0 aliphatic heterocycles. The van der Waals surface area contributed by atoms with Crippen LogP contribution in [0.25, 0.3) is 0 Å². The maximum atomic E-state index is 8.69. The van der Waals surface area contributed by atoms with Gasteiger partial charge in [-0.2, -0.15) is 0 Å². The average molecular weight is 152 g/mol. The summed E-state index contributed by atoms with van der Waals surface area (Å²) in [5.41, 5.74) is 0. The lowest BCUT2D eigenvalue weighted by Crippen LogP contribution is -2.20. The molecule has 2 nitrogen and oxygen atoms in total. The Kier molecular flexibility index (Phi) is 26.3. The molecule has 0 rings (SSSR count). The Labute approximate surface area is 65.9 Å². The van der Waals surface area contributed by atoms with Gasteiger partial charge in [0.05, 0.1) is 12.2 Å². The number of aliphatic hydroxyl groups excluding tert-OH is 2. The third-order valence-corrected chi connectivity index (χ3v) is 0.975. The third-order valence-electron chi connectivity index (χ3n) is 0.975. The van der Waals surface area contributed by atoms with Gasteiger partial charge < -0.3 is 10.2 Å². The molecule has 0 amide bonds. The molecule has 0 aromatic carbocycles. The lowest BCUT2D eigenvalue weighted by atomic mass is 10.2. The van der Waals surface area contributed by atoms with Gasteiger partial charge in [0, 0.05) is 0 Å². The second kappa shape index (κ2) is 11.7. The Morgan fingerprint density at radius 1 is 1.10 bits per heavy atom. The van der Waals surface area contributed by atoms with E-state index in [0.717, 1.165) is 0 Å². The highest BCUT2D eigenvalue weighted by Crippen LogP contribution is 1.94. The summed E-state index contributed by atoms with van der Waals surface area (Å²) < 4.78 is 0. The molecule has 0 heterocycles. The molecule has 2 heteroatoms. The normalized spacial score (nSPS) is 13.2. The molecule has 0 aliphatic carbocycles. The summed E-state index contributed by atoms with van der Waals surface area (Å²) in [5.74, 6) is 0. The SMILES string of the molecule is C.C.C.CCC(O)C(C)O. The molecule has 68 valence electrons. The van der Waals surface area contributed by atoms with Gasteiger partial charge in [-0.1, -0.05) is 29.2 Å². The highest BCUT2D eigenvalue weighted by molar-refractivity contribution is 4.56. The highest BCUT2D eigenvalue weighted by Gasteiger charge is 2.05. The van der Waals surface area contributed by atoms with Gasteiger partial charge in [-0.05, 0) is 13.3 Å². The zero-order valence-electron chi connectivity index (χ0n) is 4.76. The van der Waals surface area contributed by atoms with E-state index < -0.39 is 12.2 Å². The summed E-state index contributed by atoms with van der Waals surface area (Å²) >= 11 is 0. The van der Waals surface area contributed by atoms with Gasteiger partial charge in [0.15, 0.2) is 0 Å². The summed E-state index contributed by atoms with van der Waals surface area (Å²) in [4.78, 5) is 0. The summed E-state index contributed by atoms with van der Waals surface area (Å²) in [6, 6.07) is 0. The van der Waals surface area contributed by atoms with E-state index in [4.69, 9.17) is 10.2 Å². The van der Waals surface area contributed by atoms with E-state index in [9.17, 15) is 0 Å². The molecule has 0 saturated heterocycles. The van der Waals surface area contributed by atoms with Crippen LogP contribution >= 0.6 is 0 Å². The van der Waals surface area contributed by atoms with Crippen molar-refractivity contribution in [2.45, 2.75) is 54.8 Å². The van der Waals surface area contributed by atoms with Crippen LogP contribution in [0.1, 0.15) is 42.5 Å². The van der Waals surface area contributed by atoms with Crippen molar-refractivity contribution in [3.63, 3.8) is 0 Å². The molecule has 2 unspecified atom stereocenters. The lowest BCUT2D eigenvalue weighted by molar-refractivity contribution is 0.0294. The van der Waals surface area contributed by atoms with Crippen LogP contribution in [0.4, 0.5) is 0 Å². The predicted molar refractivity (Wildman–Crippen MR) is 48.2 cm³/mol. The summed E-state index contributed by atoms with van der Waals surface area (Å²) in [6.45, 7) is 3.41. The van der Waals surface area contributed by atoms with Gasteiger partial charge in [-0.15, -0.1) is 0 Å². The van der Waals surface area contributed by atoms with E-state index in [1.54, 1.807) is 6.92 Å². The molecule has 0 spiro atoms. The largest absolute Gasteiger partial charge is 0.391 e. The van der Waals surface area contributed by atoms with Crippen LogP contribution in [-0.2, 0) is 0 Å². The lowest BCUT2D eigenvalue weighted by Gasteiger charge is -2.08. The molecule has 0 fully saturated rings. The Bertz CT molecular complexity index is 44.5. The number of hydrogen-bond acceptors (Lipinski definition) is 2. The molecule has 0 saturated carbocycles. The van der Waals surface area contributed by atoms with E-state index in [1.807, 2.05) is 6.92 Å². The van der Waals surface area contributed by atoms with Gasteiger partial charge in [-0.25, -0.2) is 0 Å². The second-order valence-corrected chi connectivity index (χ2v) is 1.72. The molecular formula is C8H24O2. The van der Waals surface area contributed by atoms with Gasteiger partial charge in [0.25, 0.3) is 0 Å². The van der Waals surface area contributed by atoms with Crippen molar-refractivity contribution in [1.29, 1.82) is 0 Å². The first kappa shape index (κ1) is 22.5. The molecule has 10 heavy (non-hydrogen) atoms. The van der Waals surface area contributed by atoms with Crippen molar-refractivity contribution in [2.75, 3.05) is 0 Å². The molecular weight excluding hydrogens is 128 g/mol. The first-order chi connectivity index (χ1) is 3.18. The standard InChI is InChI=1S/C5H12O2.3CH4/c1-3-5(7)4(2)6;;;/h4-7H,3H2,1-2H3;3*1H4. The smallest absolute Gasteiger partial charge is 0.0793 e. The van der Waals surface area contributed by atoms with Gasteiger partial charge in [-0.3, -0.25) is 0 Å². The Morgan fingerprint density at radius 3 is 1.40 bits per heavy atom. The number of aliphatic hydroxyl groups is 2. The van der Waals surface area contributed by atoms with Crippen LogP contribution in [0.2, 0.25) is 0 Å². The summed E-state index contributed by atoms with van der Waals surface area (Å²) in [6.07, 6.45) is -0.498. The Hall–Kier alpha value is -0.0800. The molecule has 2 N–H and O–H groups in total. The van der Waals surface area contributed by atoms with E-state index in [-0.39, 0.29) is 22.3 Å². The van der Waals surface area contributed by atoms with Gasteiger partial charge in [0.1, 0.15) is 0 Å². The summed E-state index contributed by atoms with van der Waals surface area (Å²) in [7, 11) is 0. The van der Waals surface area contributed by atoms with E-state index >= 15 is 0 Å². The van der Waals surface area contributed by atoms with E-state index in [2.05, 4.69) is 0 Å². The maximum Gasteiger partial charge on any atom is 0.0793 e. The quantitative estimate of drug-likeness (QED) is 0.635. The minimum Gasteiger partial charge on any atom is -0.391 e. The maximum absolute atomic E-state index is 8.69. The van der Waals surface area contributed by atoms with Crippen LogP contribution in [0.15, 0.2) is 0 Å². The fraction of sp³-hybridized carbons (Fsp3) is 1.00. The molecule has 0 aliphatic rings. The minimum atomic E-state index is -0.579. The van der Waals surface area contributed by atoms with Crippen LogP contribution in [0.5, 0.6) is 0 Å². The highest BCUT2D eigenvalue weighted by atomic mass is 16.3. The monoisotopic (exact) mass is 152 g/mol. The second-order valence-electron chi connectivity index (χ2n) is 1.72. The predicted octanol–water partition coefficient (Wildman–Crippen LogP) is 2.05. The van der Waals surface area contributed by atoms with Crippen molar-refractivity contribution in [3.8, 4) is 0 Å². The van der Waals surface area contributed by atoms with Crippen molar-refractivity contribution in [3.05, 3.63) is 0 Å². The van der Waals surface area contributed by atoms with Crippen molar-refractivity contribution >= 4 is 0 Å². The van der Waals surface area contributed by atoms with Crippen molar-refractivity contribution < 1.29 is 10.2 Å². The summed E-state index contributed by atoms with van der Waals surface area (Å²) in [5, 5.41) is 17.3. The van der Waals surface area contributed by atoms with Gasteiger partial charge >= 0.3 is 0 Å². The zero-order valence-corrected chi connectivity index (χ0v) is 4.76. The Morgan fingerprint density at radius 2 is 1.40 bits per heavy atom. The first-order valence-corrected chi connectivity index (χ1v) is 2.54. The van der Waals surface area contributed by atoms with Crippen molar-refractivity contribution in [2.24, 2.45) is 0 Å². The molecule has 0 bridgehead atoms. The van der Waals surface area contributed by atoms with Crippen LogP contribution < -0.4 is 0 Å². The van der Waals surface area contributed by atoms with Gasteiger partial charge in [0.2, 0.25) is 0 Å².